The molecular formula is C15H22FNO2. The molecule has 0 spiro atoms. The minimum Gasteiger partial charge on any atom is -0.478 e. The van der Waals surface area contributed by atoms with Crippen LogP contribution in [0.3, 0.4) is 0 Å². The summed E-state index contributed by atoms with van der Waals surface area (Å²) in [5.41, 5.74) is 0.623. The summed E-state index contributed by atoms with van der Waals surface area (Å²) in [6.07, 6.45) is 0. The second-order valence-electron chi connectivity index (χ2n) is 5.66. The Morgan fingerprint density at radius 3 is 2.16 bits per heavy atom. The van der Waals surface area contributed by atoms with Crippen LogP contribution in [0.1, 0.15) is 38.1 Å². The Morgan fingerprint density at radius 2 is 1.74 bits per heavy atom. The van der Waals surface area contributed by atoms with Crippen LogP contribution in [0.5, 0.6) is 0 Å². The zero-order valence-corrected chi connectivity index (χ0v) is 12.0. The van der Waals surface area contributed by atoms with Gasteiger partial charge in [0.25, 0.3) is 0 Å². The van der Waals surface area contributed by atoms with Crippen molar-refractivity contribution in [1.82, 2.24) is 0 Å². The highest BCUT2D eigenvalue weighted by molar-refractivity contribution is 5.94. The molecule has 0 aliphatic heterocycles. The largest absolute Gasteiger partial charge is 0.478 e. The van der Waals surface area contributed by atoms with Gasteiger partial charge in [0.15, 0.2) is 0 Å². The Morgan fingerprint density at radius 1 is 1.21 bits per heavy atom. The van der Waals surface area contributed by atoms with Crippen LogP contribution >= 0.6 is 0 Å². The van der Waals surface area contributed by atoms with Crippen LogP contribution in [0.25, 0.3) is 0 Å². The minimum absolute atomic E-state index is 0.0290. The maximum atomic E-state index is 13.2. The first kappa shape index (κ1) is 15.5. The van der Waals surface area contributed by atoms with E-state index in [1.165, 1.54) is 6.07 Å². The minimum atomic E-state index is -1.09. The second kappa shape index (κ2) is 6.55. The number of carbonyl (C=O) groups is 1. The molecule has 0 saturated heterocycles. The van der Waals surface area contributed by atoms with Gasteiger partial charge in [-0.15, -0.1) is 0 Å². The molecule has 0 aliphatic carbocycles. The van der Waals surface area contributed by atoms with Crippen molar-refractivity contribution in [2.45, 2.75) is 27.7 Å². The highest BCUT2D eigenvalue weighted by Crippen LogP contribution is 2.24. The number of halogens is 1. The van der Waals surface area contributed by atoms with Gasteiger partial charge < -0.3 is 10.0 Å². The van der Waals surface area contributed by atoms with Crippen molar-refractivity contribution in [1.29, 1.82) is 0 Å². The van der Waals surface area contributed by atoms with Gasteiger partial charge in [-0.1, -0.05) is 27.7 Å². The molecule has 3 nitrogen and oxygen atoms in total. The van der Waals surface area contributed by atoms with Gasteiger partial charge >= 0.3 is 5.97 Å². The summed E-state index contributed by atoms with van der Waals surface area (Å²) < 4.78 is 13.2. The van der Waals surface area contributed by atoms with Crippen molar-refractivity contribution in [3.63, 3.8) is 0 Å². The topological polar surface area (TPSA) is 40.5 Å². The van der Waals surface area contributed by atoms with Crippen molar-refractivity contribution in [3.05, 3.63) is 29.6 Å². The van der Waals surface area contributed by atoms with E-state index in [0.717, 1.165) is 19.2 Å². The number of rotatable bonds is 6. The van der Waals surface area contributed by atoms with Crippen molar-refractivity contribution < 1.29 is 14.3 Å². The first-order chi connectivity index (χ1) is 8.81. The highest BCUT2D eigenvalue weighted by atomic mass is 19.1. The molecule has 1 rings (SSSR count). The summed E-state index contributed by atoms with van der Waals surface area (Å²) in [6, 6.07) is 3.96. The molecule has 0 amide bonds. The van der Waals surface area contributed by atoms with Crippen LogP contribution < -0.4 is 4.90 Å². The summed E-state index contributed by atoms with van der Waals surface area (Å²) in [7, 11) is 0. The van der Waals surface area contributed by atoms with E-state index in [-0.39, 0.29) is 5.56 Å². The zero-order chi connectivity index (χ0) is 14.6. The second-order valence-corrected chi connectivity index (χ2v) is 5.66. The molecule has 0 aliphatic rings. The molecule has 0 unspecified atom stereocenters. The molecule has 1 N–H and O–H groups in total. The third-order valence-corrected chi connectivity index (χ3v) is 2.70. The van der Waals surface area contributed by atoms with Crippen molar-refractivity contribution in [2.24, 2.45) is 11.8 Å². The van der Waals surface area contributed by atoms with Crippen LogP contribution in [-0.4, -0.2) is 24.2 Å². The smallest absolute Gasteiger partial charge is 0.337 e. The SMILES string of the molecule is CC(C)CN(CC(C)C)c1ccc(F)cc1C(=O)O. The standard InChI is InChI=1S/C15H22FNO2/c1-10(2)8-17(9-11(3)4)14-6-5-12(16)7-13(14)15(18)19/h5-7,10-11H,8-9H2,1-4H3,(H,18,19). The average molecular weight is 267 g/mol. The van der Waals surface area contributed by atoms with E-state index < -0.39 is 11.8 Å². The summed E-state index contributed by atoms with van der Waals surface area (Å²) in [5, 5.41) is 9.21. The maximum Gasteiger partial charge on any atom is 0.337 e. The fourth-order valence-corrected chi connectivity index (χ4v) is 2.11. The lowest BCUT2D eigenvalue weighted by Crippen LogP contribution is -2.32. The van der Waals surface area contributed by atoms with Gasteiger partial charge in [-0.3, -0.25) is 0 Å². The monoisotopic (exact) mass is 267 g/mol. The Hall–Kier alpha value is -1.58. The van der Waals surface area contributed by atoms with Crippen molar-refractivity contribution >= 4 is 11.7 Å². The Bertz CT molecular complexity index is 434. The molecule has 19 heavy (non-hydrogen) atoms. The molecule has 0 atom stereocenters. The zero-order valence-electron chi connectivity index (χ0n) is 12.0. The molecule has 0 bridgehead atoms. The van der Waals surface area contributed by atoms with E-state index in [4.69, 9.17) is 0 Å². The van der Waals surface area contributed by atoms with Crippen LogP contribution in [-0.2, 0) is 0 Å². The normalized spacial score (nSPS) is 11.1. The number of hydrogen-bond acceptors (Lipinski definition) is 2. The predicted octanol–water partition coefficient (Wildman–Crippen LogP) is 3.64. The summed E-state index contributed by atoms with van der Waals surface area (Å²) in [5.74, 6) is -0.793. The van der Waals surface area contributed by atoms with Crippen LogP contribution in [0.15, 0.2) is 18.2 Å². The van der Waals surface area contributed by atoms with Gasteiger partial charge in [0.1, 0.15) is 5.82 Å². The Balaban J connectivity index is 3.16. The van der Waals surface area contributed by atoms with Gasteiger partial charge in [0.2, 0.25) is 0 Å². The fraction of sp³-hybridized carbons (Fsp3) is 0.533. The van der Waals surface area contributed by atoms with Crippen molar-refractivity contribution in [2.75, 3.05) is 18.0 Å². The fourth-order valence-electron chi connectivity index (χ4n) is 2.11. The van der Waals surface area contributed by atoms with E-state index >= 15 is 0 Å². The number of hydrogen-bond donors (Lipinski definition) is 1. The number of nitrogens with zero attached hydrogens (tertiary/aromatic N) is 1. The third kappa shape index (κ3) is 4.54. The van der Waals surface area contributed by atoms with E-state index in [0.29, 0.717) is 17.5 Å². The molecule has 0 aromatic heterocycles. The lowest BCUT2D eigenvalue weighted by Gasteiger charge is -2.29. The lowest BCUT2D eigenvalue weighted by atomic mass is 10.1. The number of carboxylic acid groups (broad SMARTS) is 1. The summed E-state index contributed by atoms with van der Waals surface area (Å²) >= 11 is 0. The van der Waals surface area contributed by atoms with Gasteiger partial charge in [0.05, 0.1) is 11.3 Å². The molecule has 0 fully saturated rings. The van der Waals surface area contributed by atoms with E-state index in [9.17, 15) is 14.3 Å². The lowest BCUT2D eigenvalue weighted by molar-refractivity contribution is 0.0697. The third-order valence-electron chi connectivity index (χ3n) is 2.70. The molecule has 1 aromatic rings. The van der Waals surface area contributed by atoms with Gasteiger partial charge in [-0.25, -0.2) is 9.18 Å². The quantitative estimate of drug-likeness (QED) is 0.855. The summed E-state index contributed by atoms with van der Waals surface area (Å²) in [4.78, 5) is 13.3. The molecule has 106 valence electrons. The number of aromatic carboxylic acids is 1. The van der Waals surface area contributed by atoms with Crippen LogP contribution in [0.2, 0.25) is 0 Å². The summed E-state index contributed by atoms with van der Waals surface area (Å²) in [6.45, 7) is 9.83. The average Bonchev–Trinajstić information content (AvgIpc) is 2.26. The van der Waals surface area contributed by atoms with Gasteiger partial charge in [-0.2, -0.15) is 0 Å². The predicted molar refractivity (Wildman–Crippen MR) is 75.2 cm³/mol. The van der Waals surface area contributed by atoms with Crippen LogP contribution in [0, 0.1) is 17.7 Å². The Labute approximate surface area is 114 Å². The molecule has 0 saturated carbocycles. The Kier molecular flexibility index (Phi) is 5.33. The molecular weight excluding hydrogens is 245 g/mol. The van der Waals surface area contributed by atoms with Crippen molar-refractivity contribution in [3.8, 4) is 0 Å². The van der Waals surface area contributed by atoms with E-state index in [1.807, 2.05) is 4.90 Å². The van der Waals surface area contributed by atoms with E-state index in [1.54, 1.807) is 6.07 Å². The first-order valence-electron chi connectivity index (χ1n) is 6.59. The number of anilines is 1. The van der Waals surface area contributed by atoms with Crippen LogP contribution in [0.4, 0.5) is 10.1 Å². The van der Waals surface area contributed by atoms with E-state index in [2.05, 4.69) is 27.7 Å². The molecule has 0 radical (unpaired) electrons. The highest BCUT2D eigenvalue weighted by Gasteiger charge is 2.18. The van der Waals surface area contributed by atoms with Gasteiger partial charge in [-0.05, 0) is 30.0 Å². The van der Waals surface area contributed by atoms with Gasteiger partial charge in [0, 0.05) is 13.1 Å². The first-order valence-corrected chi connectivity index (χ1v) is 6.59. The number of benzene rings is 1. The molecule has 0 heterocycles. The maximum absolute atomic E-state index is 13.2. The molecule has 4 heteroatoms. The number of carboxylic acids is 1. The molecule has 1 aromatic carbocycles.